The third-order valence-electron chi connectivity index (χ3n) is 3.19. The first-order chi connectivity index (χ1) is 8.20. The van der Waals surface area contributed by atoms with Crippen molar-refractivity contribution in [1.29, 1.82) is 0 Å². The van der Waals surface area contributed by atoms with Gasteiger partial charge in [-0.05, 0) is 24.5 Å². The lowest BCUT2D eigenvalue weighted by molar-refractivity contribution is -0.121. The summed E-state index contributed by atoms with van der Waals surface area (Å²) >= 11 is 0. The molecule has 0 aliphatic carbocycles. The van der Waals surface area contributed by atoms with Crippen LogP contribution in [0.3, 0.4) is 0 Å². The molecule has 1 heterocycles. The molecule has 1 amide bonds. The summed E-state index contributed by atoms with van der Waals surface area (Å²) in [7, 11) is 0. The van der Waals surface area contributed by atoms with Crippen molar-refractivity contribution in [3.8, 4) is 0 Å². The van der Waals surface area contributed by atoms with E-state index < -0.39 is 0 Å². The van der Waals surface area contributed by atoms with E-state index in [1.807, 2.05) is 19.1 Å². The number of nitrogens with one attached hydrogen (secondary N) is 1. The minimum atomic E-state index is 0.0994. The monoisotopic (exact) mass is 233 g/mol. The molecule has 0 saturated carbocycles. The molecule has 1 fully saturated rings. The molecule has 0 unspecified atom stereocenters. The number of carbonyl (C=O) groups is 1. The summed E-state index contributed by atoms with van der Waals surface area (Å²) in [5.41, 5.74) is 3.31. The molecular weight excluding hydrogens is 214 g/mol. The van der Waals surface area contributed by atoms with Crippen LogP contribution in [-0.4, -0.2) is 19.1 Å². The van der Waals surface area contributed by atoms with Crippen LogP contribution in [0.2, 0.25) is 0 Å². The molecule has 1 N–H and O–H groups in total. The molecule has 0 aromatic heterocycles. The van der Waals surface area contributed by atoms with Gasteiger partial charge in [0.05, 0.1) is 13.2 Å². The van der Waals surface area contributed by atoms with Gasteiger partial charge in [0.15, 0.2) is 0 Å². The molecule has 3 heteroatoms. The zero-order valence-electron chi connectivity index (χ0n) is 10.5. The zero-order chi connectivity index (χ0) is 12.3. The van der Waals surface area contributed by atoms with Gasteiger partial charge in [0, 0.05) is 18.0 Å². The number of carbonyl (C=O) groups excluding carboxylic acids is 1. The van der Waals surface area contributed by atoms with Crippen molar-refractivity contribution >= 4 is 11.6 Å². The second kappa shape index (κ2) is 5.32. The van der Waals surface area contributed by atoms with Gasteiger partial charge in [-0.2, -0.15) is 0 Å². The highest BCUT2D eigenvalue weighted by Gasteiger charge is 2.22. The molecule has 17 heavy (non-hydrogen) atoms. The van der Waals surface area contributed by atoms with E-state index in [0.29, 0.717) is 12.3 Å². The topological polar surface area (TPSA) is 38.3 Å². The van der Waals surface area contributed by atoms with Gasteiger partial charge in [-0.25, -0.2) is 0 Å². The fourth-order valence-electron chi connectivity index (χ4n) is 2.06. The number of benzene rings is 1. The van der Waals surface area contributed by atoms with Crippen molar-refractivity contribution in [2.24, 2.45) is 5.92 Å². The van der Waals surface area contributed by atoms with Crippen LogP contribution < -0.4 is 5.32 Å². The van der Waals surface area contributed by atoms with Crippen LogP contribution in [0.15, 0.2) is 18.2 Å². The maximum Gasteiger partial charge on any atom is 0.224 e. The number of para-hydroxylation sites is 1. The van der Waals surface area contributed by atoms with Crippen molar-refractivity contribution in [1.82, 2.24) is 0 Å². The highest BCUT2D eigenvalue weighted by Crippen LogP contribution is 2.22. The van der Waals surface area contributed by atoms with E-state index in [1.54, 1.807) is 0 Å². The minimum Gasteiger partial charge on any atom is -0.381 e. The Balaban J connectivity index is 2.03. The first-order valence-electron chi connectivity index (χ1n) is 6.16. The van der Waals surface area contributed by atoms with Crippen molar-refractivity contribution in [3.63, 3.8) is 0 Å². The molecule has 1 aromatic rings. The van der Waals surface area contributed by atoms with E-state index in [2.05, 4.69) is 18.3 Å². The number of amides is 1. The Kier molecular flexibility index (Phi) is 3.79. The Labute approximate surface area is 102 Å². The molecule has 1 aliphatic heterocycles. The molecule has 0 bridgehead atoms. The van der Waals surface area contributed by atoms with Crippen LogP contribution in [-0.2, 0) is 16.0 Å². The summed E-state index contributed by atoms with van der Waals surface area (Å²) in [6.07, 6.45) is 1.50. The summed E-state index contributed by atoms with van der Waals surface area (Å²) in [4.78, 5) is 11.9. The summed E-state index contributed by atoms with van der Waals surface area (Å²) in [6.45, 7) is 5.58. The van der Waals surface area contributed by atoms with Crippen LogP contribution in [0, 0.1) is 12.8 Å². The predicted molar refractivity (Wildman–Crippen MR) is 68.1 cm³/mol. The molecule has 92 valence electrons. The van der Waals surface area contributed by atoms with E-state index in [9.17, 15) is 4.79 Å². The lowest BCUT2D eigenvalue weighted by atomic mass is 10.0. The number of ether oxygens (including phenoxy) is 1. The summed E-state index contributed by atoms with van der Waals surface area (Å²) in [5, 5.41) is 3.03. The van der Waals surface area contributed by atoms with Crippen molar-refractivity contribution in [2.75, 3.05) is 18.5 Å². The molecule has 1 aliphatic rings. The standard InChI is InChI=1S/C14H19NO2/c1-3-12-6-4-5-10(2)14(12)15-13(16)7-11-8-17-9-11/h4-6,11H,3,7-9H2,1-2H3,(H,15,16). The van der Waals surface area contributed by atoms with E-state index >= 15 is 0 Å². The predicted octanol–water partition coefficient (Wildman–Crippen LogP) is 2.53. The van der Waals surface area contributed by atoms with Crippen LogP contribution in [0.1, 0.15) is 24.5 Å². The first-order valence-corrected chi connectivity index (χ1v) is 6.16. The Bertz CT molecular complexity index is 411. The van der Waals surface area contributed by atoms with Gasteiger partial charge in [0.25, 0.3) is 0 Å². The Morgan fingerprint density at radius 3 is 2.82 bits per heavy atom. The zero-order valence-corrected chi connectivity index (χ0v) is 10.5. The molecule has 3 nitrogen and oxygen atoms in total. The van der Waals surface area contributed by atoms with Gasteiger partial charge in [-0.15, -0.1) is 0 Å². The molecule has 1 saturated heterocycles. The summed E-state index contributed by atoms with van der Waals surface area (Å²) in [6, 6.07) is 6.12. The lowest BCUT2D eigenvalue weighted by Gasteiger charge is -2.25. The average molecular weight is 233 g/mol. The SMILES string of the molecule is CCc1cccc(C)c1NC(=O)CC1COC1. The van der Waals surface area contributed by atoms with Crippen LogP contribution in [0.4, 0.5) is 5.69 Å². The van der Waals surface area contributed by atoms with E-state index in [1.165, 1.54) is 5.56 Å². The second-order valence-corrected chi connectivity index (χ2v) is 4.62. The number of rotatable bonds is 4. The molecule has 1 aromatic carbocycles. The van der Waals surface area contributed by atoms with Crippen LogP contribution >= 0.6 is 0 Å². The van der Waals surface area contributed by atoms with Crippen LogP contribution in [0.5, 0.6) is 0 Å². The maximum absolute atomic E-state index is 11.9. The molecular formula is C14H19NO2. The van der Waals surface area contributed by atoms with Crippen molar-refractivity contribution < 1.29 is 9.53 Å². The Hall–Kier alpha value is -1.35. The minimum absolute atomic E-state index is 0.0994. The largest absolute Gasteiger partial charge is 0.381 e. The summed E-state index contributed by atoms with van der Waals surface area (Å²) < 4.78 is 5.07. The fraction of sp³-hybridized carbons (Fsp3) is 0.500. The van der Waals surface area contributed by atoms with Gasteiger partial charge >= 0.3 is 0 Å². The normalized spacial score (nSPS) is 15.4. The quantitative estimate of drug-likeness (QED) is 0.867. The van der Waals surface area contributed by atoms with E-state index in [4.69, 9.17) is 4.74 Å². The van der Waals surface area contributed by atoms with Crippen molar-refractivity contribution in [3.05, 3.63) is 29.3 Å². The second-order valence-electron chi connectivity index (χ2n) is 4.62. The van der Waals surface area contributed by atoms with E-state index in [0.717, 1.165) is 30.9 Å². The number of hydrogen-bond donors (Lipinski definition) is 1. The molecule has 0 spiro atoms. The van der Waals surface area contributed by atoms with Gasteiger partial charge in [0.2, 0.25) is 5.91 Å². The smallest absolute Gasteiger partial charge is 0.224 e. The van der Waals surface area contributed by atoms with Gasteiger partial charge in [-0.3, -0.25) is 4.79 Å². The number of hydrogen-bond acceptors (Lipinski definition) is 2. The number of aryl methyl sites for hydroxylation is 2. The number of anilines is 1. The van der Waals surface area contributed by atoms with E-state index in [-0.39, 0.29) is 5.91 Å². The first kappa shape index (κ1) is 12.1. The molecule has 0 radical (unpaired) electrons. The highest BCUT2D eigenvalue weighted by molar-refractivity contribution is 5.92. The summed E-state index contributed by atoms with van der Waals surface area (Å²) in [5.74, 6) is 0.506. The fourth-order valence-corrected chi connectivity index (χ4v) is 2.06. The van der Waals surface area contributed by atoms with Gasteiger partial charge < -0.3 is 10.1 Å². The molecule has 2 rings (SSSR count). The van der Waals surface area contributed by atoms with Gasteiger partial charge in [-0.1, -0.05) is 25.1 Å². The van der Waals surface area contributed by atoms with Crippen LogP contribution in [0.25, 0.3) is 0 Å². The van der Waals surface area contributed by atoms with Crippen molar-refractivity contribution in [2.45, 2.75) is 26.7 Å². The van der Waals surface area contributed by atoms with Gasteiger partial charge in [0.1, 0.15) is 0 Å². The average Bonchev–Trinajstić information content (AvgIpc) is 2.26. The molecule has 0 atom stereocenters. The Morgan fingerprint density at radius 1 is 1.47 bits per heavy atom. The highest BCUT2D eigenvalue weighted by atomic mass is 16.5. The Morgan fingerprint density at radius 2 is 2.24 bits per heavy atom. The third kappa shape index (κ3) is 2.86. The lowest BCUT2D eigenvalue weighted by Crippen LogP contribution is -2.31. The maximum atomic E-state index is 11.9. The third-order valence-corrected chi connectivity index (χ3v) is 3.19.